The molecule has 0 saturated carbocycles. The number of unbranched alkanes of at least 4 members (excludes halogenated alkanes) is 5. The highest BCUT2D eigenvalue weighted by Crippen LogP contribution is 2.40. The van der Waals surface area contributed by atoms with Gasteiger partial charge < -0.3 is 14.2 Å². The molecule has 3 fully saturated rings. The van der Waals surface area contributed by atoms with E-state index >= 15 is 0 Å². The van der Waals surface area contributed by atoms with E-state index in [-0.39, 0.29) is 0 Å². The molecule has 3 heterocycles. The van der Waals surface area contributed by atoms with Gasteiger partial charge in [-0.3, -0.25) is 0 Å². The zero-order valence-electron chi connectivity index (χ0n) is 12.2. The van der Waals surface area contributed by atoms with E-state index in [0.717, 1.165) is 19.4 Å². The summed E-state index contributed by atoms with van der Waals surface area (Å²) in [5.41, 5.74) is 0. The van der Waals surface area contributed by atoms with Crippen LogP contribution in [0, 0.1) is 0 Å². The summed E-state index contributed by atoms with van der Waals surface area (Å²) in [4.78, 5) is 0. The van der Waals surface area contributed by atoms with E-state index in [4.69, 9.17) is 14.2 Å². The van der Waals surface area contributed by atoms with Gasteiger partial charge in [-0.1, -0.05) is 45.4 Å². The summed E-state index contributed by atoms with van der Waals surface area (Å²) in [6, 6.07) is 0. The van der Waals surface area contributed by atoms with Gasteiger partial charge >= 0.3 is 0 Å². The Morgan fingerprint density at radius 1 is 0.789 bits per heavy atom. The van der Waals surface area contributed by atoms with Crippen molar-refractivity contribution < 1.29 is 14.2 Å². The molecule has 0 aliphatic carbocycles. The first-order chi connectivity index (χ1) is 9.36. The summed E-state index contributed by atoms with van der Waals surface area (Å²) in [6.07, 6.45) is 14.3. The first kappa shape index (κ1) is 13.8. The second-order valence-electron chi connectivity index (χ2n) is 6.41. The van der Waals surface area contributed by atoms with E-state index < -0.39 is 0 Å². The van der Waals surface area contributed by atoms with Crippen LogP contribution in [0.25, 0.3) is 0 Å². The van der Waals surface area contributed by atoms with Crippen molar-refractivity contribution in [3.63, 3.8) is 0 Å². The first-order valence-corrected chi connectivity index (χ1v) is 8.29. The fourth-order valence-electron chi connectivity index (χ4n) is 3.05. The Morgan fingerprint density at radius 2 is 1.42 bits per heavy atom. The number of rotatable bonds is 11. The molecule has 5 unspecified atom stereocenters. The third-order valence-electron chi connectivity index (χ3n) is 4.58. The summed E-state index contributed by atoms with van der Waals surface area (Å²) in [5.74, 6) is 0. The lowest BCUT2D eigenvalue weighted by molar-refractivity contribution is 0.311. The highest BCUT2D eigenvalue weighted by molar-refractivity contribution is 4.96. The molecule has 19 heavy (non-hydrogen) atoms. The van der Waals surface area contributed by atoms with Crippen molar-refractivity contribution >= 4 is 0 Å². The molecule has 110 valence electrons. The second kappa shape index (κ2) is 6.55. The molecule has 3 nitrogen and oxygen atoms in total. The average Bonchev–Trinajstić information content (AvgIpc) is 3.25. The van der Waals surface area contributed by atoms with Crippen LogP contribution in [0.4, 0.5) is 0 Å². The molecular formula is C16H28O3. The number of ether oxygens (including phenoxy) is 3. The zero-order chi connectivity index (χ0) is 13.1. The van der Waals surface area contributed by atoms with Gasteiger partial charge in [0.15, 0.2) is 0 Å². The standard InChI is InChI=1S/C16H28O3/c1-2-3-4-5-6-7-8-13-15(18-13)10-16-14(19-16)9-12-11-17-12/h12-16H,2-11H2,1H3. The van der Waals surface area contributed by atoms with E-state index in [2.05, 4.69) is 6.92 Å². The van der Waals surface area contributed by atoms with E-state index in [1.807, 2.05) is 0 Å². The minimum absolute atomic E-state index is 0.476. The molecule has 0 radical (unpaired) electrons. The Hall–Kier alpha value is -0.120. The van der Waals surface area contributed by atoms with Gasteiger partial charge in [-0.15, -0.1) is 0 Å². The smallest absolute Gasteiger partial charge is 0.0868 e. The predicted octanol–water partition coefficient (Wildman–Crippen LogP) is 3.45. The molecule has 3 heteroatoms. The van der Waals surface area contributed by atoms with Gasteiger partial charge in [-0.2, -0.15) is 0 Å². The Balaban J connectivity index is 1.15. The summed E-state index contributed by atoms with van der Waals surface area (Å²) in [6.45, 7) is 3.22. The zero-order valence-corrected chi connectivity index (χ0v) is 12.2. The topological polar surface area (TPSA) is 37.6 Å². The van der Waals surface area contributed by atoms with Gasteiger partial charge in [0.2, 0.25) is 0 Å². The van der Waals surface area contributed by atoms with Crippen molar-refractivity contribution in [1.29, 1.82) is 0 Å². The molecule has 5 atom stereocenters. The van der Waals surface area contributed by atoms with Crippen LogP contribution in [0.3, 0.4) is 0 Å². The Labute approximate surface area is 117 Å². The van der Waals surface area contributed by atoms with E-state index in [9.17, 15) is 0 Å². The maximum absolute atomic E-state index is 5.75. The van der Waals surface area contributed by atoms with Gasteiger partial charge in [-0.25, -0.2) is 0 Å². The molecule has 0 amide bonds. The normalized spacial score (nSPS) is 39.3. The van der Waals surface area contributed by atoms with Crippen LogP contribution >= 0.6 is 0 Å². The monoisotopic (exact) mass is 268 g/mol. The molecule has 3 aliphatic heterocycles. The summed E-state index contributed by atoms with van der Waals surface area (Å²) >= 11 is 0. The maximum atomic E-state index is 5.75. The van der Waals surface area contributed by atoms with Crippen LogP contribution in [0.15, 0.2) is 0 Å². The fourth-order valence-corrected chi connectivity index (χ4v) is 3.05. The number of epoxide rings is 3. The van der Waals surface area contributed by atoms with Crippen LogP contribution in [-0.4, -0.2) is 37.1 Å². The molecule has 3 aliphatic rings. The molecule has 0 aromatic carbocycles. The molecule has 0 aromatic rings. The number of hydrogen-bond donors (Lipinski definition) is 0. The molecule has 0 N–H and O–H groups in total. The Bertz CT molecular complexity index is 277. The third-order valence-corrected chi connectivity index (χ3v) is 4.58. The molecule has 0 spiro atoms. The van der Waals surface area contributed by atoms with E-state index in [0.29, 0.717) is 30.5 Å². The van der Waals surface area contributed by atoms with Crippen molar-refractivity contribution in [1.82, 2.24) is 0 Å². The lowest BCUT2D eigenvalue weighted by Gasteiger charge is -1.98. The van der Waals surface area contributed by atoms with E-state index in [1.54, 1.807) is 0 Å². The highest BCUT2D eigenvalue weighted by Gasteiger charge is 2.49. The van der Waals surface area contributed by atoms with Crippen molar-refractivity contribution in [2.45, 2.75) is 95.2 Å². The second-order valence-corrected chi connectivity index (χ2v) is 6.41. The van der Waals surface area contributed by atoms with Gasteiger partial charge in [0.05, 0.1) is 37.1 Å². The third kappa shape index (κ3) is 4.73. The van der Waals surface area contributed by atoms with Crippen LogP contribution in [0.1, 0.15) is 64.7 Å². The Morgan fingerprint density at radius 3 is 2.21 bits per heavy atom. The van der Waals surface area contributed by atoms with Gasteiger partial charge in [0.1, 0.15) is 0 Å². The van der Waals surface area contributed by atoms with Crippen molar-refractivity contribution in [2.75, 3.05) is 6.61 Å². The summed E-state index contributed by atoms with van der Waals surface area (Å²) in [5, 5.41) is 0. The van der Waals surface area contributed by atoms with E-state index in [1.165, 1.54) is 44.9 Å². The highest BCUT2D eigenvalue weighted by atomic mass is 16.6. The van der Waals surface area contributed by atoms with Crippen LogP contribution < -0.4 is 0 Å². The van der Waals surface area contributed by atoms with Crippen molar-refractivity contribution in [3.8, 4) is 0 Å². The van der Waals surface area contributed by atoms with Crippen LogP contribution in [0.5, 0.6) is 0 Å². The van der Waals surface area contributed by atoms with Crippen molar-refractivity contribution in [3.05, 3.63) is 0 Å². The van der Waals surface area contributed by atoms with Gasteiger partial charge in [0.25, 0.3) is 0 Å². The molecule has 3 rings (SSSR count). The summed E-state index contributed by atoms with van der Waals surface area (Å²) in [7, 11) is 0. The molecule has 0 bridgehead atoms. The van der Waals surface area contributed by atoms with Gasteiger partial charge in [0, 0.05) is 12.8 Å². The molecular weight excluding hydrogens is 240 g/mol. The lowest BCUT2D eigenvalue weighted by Crippen LogP contribution is -2.03. The predicted molar refractivity (Wildman–Crippen MR) is 74.3 cm³/mol. The lowest BCUT2D eigenvalue weighted by atomic mass is 10.0. The van der Waals surface area contributed by atoms with Crippen LogP contribution in [-0.2, 0) is 14.2 Å². The molecule has 3 saturated heterocycles. The average molecular weight is 268 g/mol. The quantitative estimate of drug-likeness (QED) is 0.425. The number of hydrogen-bond acceptors (Lipinski definition) is 3. The Kier molecular flexibility index (Phi) is 4.78. The minimum atomic E-state index is 0.476. The summed E-state index contributed by atoms with van der Waals surface area (Å²) < 4.78 is 16.7. The molecule has 0 aromatic heterocycles. The minimum Gasteiger partial charge on any atom is -0.373 e. The van der Waals surface area contributed by atoms with Crippen molar-refractivity contribution in [2.24, 2.45) is 0 Å². The van der Waals surface area contributed by atoms with Gasteiger partial charge in [-0.05, 0) is 6.42 Å². The SMILES string of the molecule is CCCCCCCCC1OC1CC1OC1CC1CO1. The first-order valence-electron chi connectivity index (χ1n) is 8.29. The van der Waals surface area contributed by atoms with Crippen LogP contribution in [0.2, 0.25) is 0 Å². The fraction of sp³-hybridized carbons (Fsp3) is 1.00. The maximum Gasteiger partial charge on any atom is 0.0868 e. The largest absolute Gasteiger partial charge is 0.373 e.